The summed E-state index contributed by atoms with van der Waals surface area (Å²) in [7, 11) is 1.88. The van der Waals surface area contributed by atoms with E-state index in [1.807, 2.05) is 31.7 Å². The average molecular weight is 208 g/mol. The third-order valence-electron chi connectivity index (χ3n) is 2.29. The fourth-order valence-corrected chi connectivity index (χ4v) is 1.53. The molecule has 0 aliphatic carbocycles. The molecule has 1 aromatic heterocycles. The number of nitrogens with zero attached hydrogens (tertiary/aromatic N) is 2. The van der Waals surface area contributed by atoms with Crippen LogP contribution in [0, 0.1) is 11.8 Å². The van der Waals surface area contributed by atoms with E-state index in [-0.39, 0.29) is 11.7 Å². The molecule has 0 radical (unpaired) electrons. The molecule has 15 heavy (non-hydrogen) atoms. The molecule has 0 unspecified atom stereocenters. The number of carbonyl (C=O) groups excluding carboxylic acids is 1. The van der Waals surface area contributed by atoms with Crippen LogP contribution in [-0.4, -0.2) is 15.3 Å². The maximum Gasteiger partial charge on any atom is 0.200 e. The number of hydrogen-bond donors (Lipinski definition) is 0. The molecule has 0 N–H and O–H groups in total. The molecule has 0 spiro atoms. The summed E-state index contributed by atoms with van der Waals surface area (Å²) in [6.07, 6.45) is 2.88. The zero-order valence-electron chi connectivity index (χ0n) is 10.2. The van der Waals surface area contributed by atoms with Gasteiger partial charge in [-0.3, -0.25) is 4.79 Å². The zero-order chi connectivity index (χ0) is 11.6. The smallest absolute Gasteiger partial charge is 0.200 e. The maximum atomic E-state index is 11.8. The second kappa shape index (κ2) is 4.60. The number of aryl methyl sites for hydroxylation is 1. The van der Waals surface area contributed by atoms with Gasteiger partial charge in [0, 0.05) is 19.2 Å². The van der Waals surface area contributed by atoms with Crippen molar-refractivity contribution >= 4 is 5.78 Å². The molecule has 1 heterocycles. The summed E-state index contributed by atoms with van der Waals surface area (Å²) >= 11 is 0. The summed E-state index contributed by atoms with van der Waals surface area (Å²) in [5.74, 6) is 1.29. The van der Waals surface area contributed by atoms with Crippen LogP contribution in [0.2, 0.25) is 0 Å². The first kappa shape index (κ1) is 12.0. The van der Waals surface area contributed by atoms with Gasteiger partial charge in [-0.05, 0) is 12.3 Å². The Morgan fingerprint density at radius 1 is 1.40 bits per heavy atom. The van der Waals surface area contributed by atoms with Gasteiger partial charge in [-0.1, -0.05) is 27.7 Å². The van der Waals surface area contributed by atoms with Crippen molar-refractivity contribution in [2.75, 3.05) is 0 Å². The summed E-state index contributed by atoms with van der Waals surface area (Å²) < 4.78 is 1.83. The minimum absolute atomic E-state index is 0.0120. The molecule has 0 saturated heterocycles. The molecule has 3 heteroatoms. The second-order valence-corrected chi connectivity index (χ2v) is 4.78. The molecule has 1 aromatic rings. The highest BCUT2D eigenvalue weighted by Gasteiger charge is 2.17. The SMILES string of the molecule is CC(C)Cc1cn(C)c(C(=O)C(C)C)n1. The lowest BCUT2D eigenvalue weighted by atomic mass is 10.1. The van der Waals surface area contributed by atoms with Gasteiger partial charge in [0.1, 0.15) is 0 Å². The van der Waals surface area contributed by atoms with E-state index in [0.717, 1.165) is 12.1 Å². The van der Waals surface area contributed by atoms with Gasteiger partial charge in [0.25, 0.3) is 0 Å². The van der Waals surface area contributed by atoms with Crippen LogP contribution < -0.4 is 0 Å². The first-order valence-electron chi connectivity index (χ1n) is 5.48. The average Bonchev–Trinajstić information content (AvgIpc) is 2.44. The summed E-state index contributed by atoms with van der Waals surface area (Å²) in [5, 5.41) is 0. The Balaban J connectivity index is 2.91. The van der Waals surface area contributed by atoms with Crippen molar-refractivity contribution in [3.8, 4) is 0 Å². The number of hydrogen-bond acceptors (Lipinski definition) is 2. The van der Waals surface area contributed by atoms with Crippen molar-refractivity contribution in [1.29, 1.82) is 0 Å². The molecule has 0 bridgehead atoms. The lowest BCUT2D eigenvalue weighted by Crippen LogP contribution is -2.13. The van der Waals surface area contributed by atoms with E-state index in [1.54, 1.807) is 0 Å². The fraction of sp³-hybridized carbons (Fsp3) is 0.667. The molecule has 0 aliphatic rings. The first-order valence-corrected chi connectivity index (χ1v) is 5.48. The van der Waals surface area contributed by atoms with Gasteiger partial charge in [0.2, 0.25) is 5.78 Å². The van der Waals surface area contributed by atoms with Crippen LogP contribution in [0.25, 0.3) is 0 Å². The van der Waals surface area contributed by atoms with Gasteiger partial charge < -0.3 is 4.57 Å². The third kappa shape index (κ3) is 2.91. The van der Waals surface area contributed by atoms with Crippen LogP contribution in [0.4, 0.5) is 0 Å². The van der Waals surface area contributed by atoms with Crippen molar-refractivity contribution in [3.63, 3.8) is 0 Å². The van der Waals surface area contributed by atoms with Crippen LogP contribution in [0.1, 0.15) is 44.0 Å². The highest BCUT2D eigenvalue weighted by Crippen LogP contribution is 2.11. The Labute approximate surface area is 91.5 Å². The number of Topliss-reactive ketones (excluding diaryl/α,β-unsaturated/α-hetero) is 1. The number of aromatic nitrogens is 2. The molecular weight excluding hydrogens is 188 g/mol. The van der Waals surface area contributed by atoms with Crippen molar-refractivity contribution in [2.45, 2.75) is 34.1 Å². The van der Waals surface area contributed by atoms with Crippen molar-refractivity contribution in [1.82, 2.24) is 9.55 Å². The van der Waals surface area contributed by atoms with Crippen molar-refractivity contribution in [3.05, 3.63) is 17.7 Å². The van der Waals surface area contributed by atoms with E-state index in [0.29, 0.717) is 11.7 Å². The summed E-state index contributed by atoms with van der Waals surface area (Å²) in [6.45, 7) is 8.11. The van der Waals surface area contributed by atoms with Gasteiger partial charge in [0.05, 0.1) is 5.69 Å². The Bertz CT molecular complexity index is 351. The lowest BCUT2D eigenvalue weighted by molar-refractivity contribution is 0.0925. The molecule has 0 aromatic carbocycles. The molecule has 84 valence electrons. The molecule has 0 aliphatic heterocycles. The lowest BCUT2D eigenvalue weighted by Gasteiger charge is -2.02. The van der Waals surface area contributed by atoms with Gasteiger partial charge in [0.15, 0.2) is 5.82 Å². The van der Waals surface area contributed by atoms with Crippen LogP contribution >= 0.6 is 0 Å². The quantitative estimate of drug-likeness (QED) is 0.712. The van der Waals surface area contributed by atoms with Gasteiger partial charge in [-0.15, -0.1) is 0 Å². The summed E-state index contributed by atoms with van der Waals surface area (Å²) in [6, 6.07) is 0. The first-order chi connectivity index (χ1) is 6.91. The normalized spacial score (nSPS) is 11.4. The van der Waals surface area contributed by atoms with Crippen molar-refractivity contribution in [2.24, 2.45) is 18.9 Å². The van der Waals surface area contributed by atoms with E-state index in [1.165, 1.54) is 0 Å². The van der Waals surface area contributed by atoms with Crippen molar-refractivity contribution < 1.29 is 4.79 Å². The van der Waals surface area contributed by atoms with E-state index < -0.39 is 0 Å². The number of ketones is 1. The van der Waals surface area contributed by atoms with Gasteiger partial charge in [-0.2, -0.15) is 0 Å². The molecule has 0 fully saturated rings. The maximum absolute atomic E-state index is 11.8. The van der Waals surface area contributed by atoms with E-state index >= 15 is 0 Å². The van der Waals surface area contributed by atoms with E-state index in [2.05, 4.69) is 18.8 Å². The third-order valence-corrected chi connectivity index (χ3v) is 2.29. The van der Waals surface area contributed by atoms with Crippen LogP contribution in [0.15, 0.2) is 6.20 Å². The molecular formula is C12H20N2O. The predicted octanol–water partition coefficient (Wildman–Crippen LogP) is 2.46. The largest absolute Gasteiger partial charge is 0.331 e. The Hall–Kier alpha value is -1.12. The summed E-state index contributed by atoms with van der Waals surface area (Å²) in [4.78, 5) is 16.2. The molecule has 3 nitrogen and oxygen atoms in total. The van der Waals surface area contributed by atoms with E-state index in [9.17, 15) is 4.79 Å². The predicted molar refractivity (Wildman–Crippen MR) is 60.9 cm³/mol. The zero-order valence-corrected chi connectivity index (χ0v) is 10.2. The second-order valence-electron chi connectivity index (χ2n) is 4.78. The van der Waals surface area contributed by atoms with Crippen LogP contribution in [0.3, 0.4) is 0 Å². The summed E-state index contributed by atoms with van der Waals surface area (Å²) in [5.41, 5.74) is 1.01. The molecule has 0 atom stereocenters. The van der Waals surface area contributed by atoms with Gasteiger partial charge in [-0.25, -0.2) is 4.98 Å². The Kier molecular flexibility index (Phi) is 3.66. The minimum Gasteiger partial charge on any atom is -0.331 e. The fourth-order valence-electron chi connectivity index (χ4n) is 1.53. The number of carbonyl (C=O) groups is 1. The minimum atomic E-state index is 0.0120. The van der Waals surface area contributed by atoms with E-state index in [4.69, 9.17) is 0 Å². The molecule has 0 amide bonds. The van der Waals surface area contributed by atoms with Crippen LogP contribution in [0.5, 0.6) is 0 Å². The molecule has 0 saturated carbocycles. The van der Waals surface area contributed by atoms with Gasteiger partial charge >= 0.3 is 0 Å². The number of rotatable bonds is 4. The Morgan fingerprint density at radius 2 is 2.00 bits per heavy atom. The molecule has 1 rings (SSSR count). The highest BCUT2D eigenvalue weighted by atomic mass is 16.1. The standard InChI is InChI=1S/C12H20N2O/c1-8(2)6-10-7-14(5)12(13-10)11(15)9(3)4/h7-9H,6H2,1-5H3. The monoisotopic (exact) mass is 208 g/mol. The Morgan fingerprint density at radius 3 is 2.47 bits per heavy atom. The topological polar surface area (TPSA) is 34.9 Å². The van der Waals surface area contributed by atoms with Crippen LogP contribution in [-0.2, 0) is 13.5 Å². The number of imidazole rings is 1. The highest BCUT2D eigenvalue weighted by molar-refractivity contribution is 5.94.